The molecule has 1 aromatic carbocycles. The molecule has 1 aromatic rings. The predicted octanol–water partition coefficient (Wildman–Crippen LogP) is 3.35. The number of benzene rings is 1. The van der Waals surface area contributed by atoms with Crippen LogP contribution in [0.4, 0.5) is 5.69 Å². The predicted molar refractivity (Wildman–Crippen MR) is 99.4 cm³/mol. The molecule has 3 rings (SSSR count). The zero-order valence-electron chi connectivity index (χ0n) is 14.3. The standard InChI is InChI=1S/C19H28N2O2S/c22-19(18-11-4-5-12-20-18)21-16-8-6-7-15(13-16)14-24(23)17-9-2-1-3-10-17/h6-8,13,17-18,20H,1-5,9-12,14H2,(H,21,22). The maximum absolute atomic E-state index is 12.6. The van der Waals surface area contributed by atoms with Gasteiger partial charge in [0.15, 0.2) is 0 Å². The van der Waals surface area contributed by atoms with Crippen LogP contribution in [-0.2, 0) is 21.3 Å². The third kappa shape index (κ3) is 4.90. The highest BCUT2D eigenvalue weighted by molar-refractivity contribution is 7.84. The second-order valence-electron chi connectivity index (χ2n) is 6.98. The van der Waals surface area contributed by atoms with E-state index in [1.54, 1.807) is 0 Å². The van der Waals surface area contributed by atoms with Crippen LogP contribution in [0, 0.1) is 0 Å². The third-order valence-electron chi connectivity index (χ3n) is 5.05. The molecule has 1 heterocycles. The Hall–Kier alpha value is -1.20. The molecule has 2 atom stereocenters. The van der Waals surface area contributed by atoms with Gasteiger partial charge >= 0.3 is 0 Å². The minimum atomic E-state index is -0.808. The average molecular weight is 349 g/mol. The van der Waals surface area contributed by atoms with Gasteiger partial charge in [-0.1, -0.05) is 37.8 Å². The van der Waals surface area contributed by atoms with Crippen molar-refractivity contribution in [1.82, 2.24) is 5.32 Å². The summed E-state index contributed by atoms with van der Waals surface area (Å²) in [6.45, 7) is 0.915. The topological polar surface area (TPSA) is 58.2 Å². The Morgan fingerprint density at radius 3 is 2.67 bits per heavy atom. The molecule has 132 valence electrons. The second kappa shape index (κ2) is 8.77. The van der Waals surface area contributed by atoms with Crippen molar-refractivity contribution in [2.45, 2.75) is 68.4 Å². The number of piperidine rings is 1. The number of carbonyl (C=O) groups is 1. The first-order valence-corrected chi connectivity index (χ1v) is 10.6. The Kier molecular flexibility index (Phi) is 6.44. The molecule has 2 unspecified atom stereocenters. The van der Waals surface area contributed by atoms with E-state index < -0.39 is 10.8 Å². The molecule has 4 nitrogen and oxygen atoms in total. The molecule has 0 radical (unpaired) electrons. The normalized spacial score (nSPS) is 23.6. The Balaban J connectivity index is 1.57. The van der Waals surface area contributed by atoms with E-state index in [0.29, 0.717) is 11.0 Å². The summed E-state index contributed by atoms with van der Waals surface area (Å²) in [5, 5.41) is 6.62. The molecule has 1 saturated carbocycles. The lowest BCUT2D eigenvalue weighted by Crippen LogP contribution is -2.43. The summed E-state index contributed by atoms with van der Waals surface area (Å²) in [6.07, 6.45) is 9.04. The summed E-state index contributed by atoms with van der Waals surface area (Å²) in [6, 6.07) is 7.75. The first kappa shape index (κ1) is 17.6. The van der Waals surface area contributed by atoms with Crippen molar-refractivity contribution in [2.24, 2.45) is 0 Å². The molecule has 2 fully saturated rings. The second-order valence-corrected chi connectivity index (χ2v) is 8.69. The largest absolute Gasteiger partial charge is 0.325 e. The number of anilines is 1. The molecule has 2 N–H and O–H groups in total. The minimum absolute atomic E-state index is 0.0419. The van der Waals surface area contributed by atoms with Crippen LogP contribution in [0.25, 0.3) is 0 Å². The summed E-state index contributed by atoms with van der Waals surface area (Å²) in [5.74, 6) is 0.635. The van der Waals surface area contributed by atoms with Crippen molar-refractivity contribution >= 4 is 22.4 Å². The summed E-state index contributed by atoms with van der Waals surface area (Å²) in [4.78, 5) is 12.3. The highest BCUT2D eigenvalue weighted by Gasteiger charge is 2.21. The van der Waals surface area contributed by atoms with E-state index in [1.165, 1.54) is 19.3 Å². The van der Waals surface area contributed by atoms with E-state index in [4.69, 9.17) is 0 Å². The molecule has 24 heavy (non-hydrogen) atoms. The fraction of sp³-hybridized carbons (Fsp3) is 0.632. The smallest absolute Gasteiger partial charge is 0.241 e. The highest BCUT2D eigenvalue weighted by atomic mass is 32.2. The van der Waals surface area contributed by atoms with Gasteiger partial charge in [-0.3, -0.25) is 9.00 Å². The highest BCUT2D eigenvalue weighted by Crippen LogP contribution is 2.24. The lowest BCUT2D eigenvalue weighted by Gasteiger charge is -2.23. The fourth-order valence-electron chi connectivity index (χ4n) is 3.65. The van der Waals surface area contributed by atoms with Crippen LogP contribution >= 0.6 is 0 Å². The zero-order chi connectivity index (χ0) is 16.8. The van der Waals surface area contributed by atoms with Gasteiger partial charge in [0.2, 0.25) is 5.91 Å². The minimum Gasteiger partial charge on any atom is -0.325 e. The van der Waals surface area contributed by atoms with E-state index in [2.05, 4.69) is 10.6 Å². The van der Waals surface area contributed by atoms with E-state index in [1.807, 2.05) is 24.3 Å². The van der Waals surface area contributed by atoms with Crippen LogP contribution in [0.5, 0.6) is 0 Å². The number of hydrogen-bond acceptors (Lipinski definition) is 3. The number of carbonyl (C=O) groups excluding carboxylic acids is 1. The Morgan fingerprint density at radius 2 is 1.92 bits per heavy atom. The molecule has 5 heteroatoms. The number of amides is 1. The third-order valence-corrected chi connectivity index (χ3v) is 6.89. The van der Waals surface area contributed by atoms with Gasteiger partial charge in [0, 0.05) is 27.5 Å². The molecule has 1 aliphatic heterocycles. The van der Waals surface area contributed by atoms with Gasteiger partial charge < -0.3 is 10.6 Å². The molecular formula is C19H28N2O2S. The molecule has 0 aromatic heterocycles. The van der Waals surface area contributed by atoms with E-state index in [0.717, 1.165) is 49.9 Å². The van der Waals surface area contributed by atoms with Crippen molar-refractivity contribution in [3.63, 3.8) is 0 Å². The van der Waals surface area contributed by atoms with Crippen molar-refractivity contribution in [3.05, 3.63) is 29.8 Å². The number of nitrogens with one attached hydrogen (secondary N) is 2. The molecule has 2 aliphatic rings. The van der Waals surface area contributed by atoms with Gasteiger partial charge in [0.25, 0.3) is 0 Å². The molecule has 1 aliphatic carbocycles. The maximum Gasteiger partial charge on any atom is 0.241 e. The number of rotatable bonds is 5. The fourth-order valence-corrected chi connectivity index (χ4v) is 5.26. The van der Waals surface area contributed by atoms with Gasteiger partial charge in [-0.2, -0.15) is 0 Å². The summed E-state index contributed by atoms with van der Waals surface area (Å²) in [7, 11) is -0.808. The van der Waals surface area contributed by atoms with E-state index in [9.17, 15) is 9.00 Å². The number of hydrogen-bond donors (Lipinski definition) is 2. The molecule has 1 amide bonds. The monoisotopic (exact) mass is 348 g/mol. The van der Waals surface area contributed by atoms with Crippen molar-refractivity contribution < 1.29 is 9.00 Å². The molecule has 0 spiro atoms. The first-order chi connectivity index (χ1) is 11.7. The Labute approximate surface area is 147 Å². The van der Waals surface area contributed by atoms with Crippen LogP contribution in [0.2, 0.25) is 0 Å². The van der Waals surface area contributed by atoms with Gasteiger partial charge in [-0.15, -0.1) is 0 Å². The van der Waals surface area contributed by atoms with Crippen molar-refractivity contribution in [2.75, 3.05) is 11.9 Å². The van der Waals surface area contributed by atoms with Crippen LogP contribution in [0.15, 0.2) is 24.3 Å². The first-order valence-electron chi connectivity index (χ1n) is 9.23. The quantitative estimate of drug-likeness (QED) is 0.858. The van der Waals surface area contributed by atoms with Crippen LogP contribution in [0.1, 0.15) is 56.9 Å². The summed E-state index contributed by atoms with van der Waals surface area (Å²) >= 11 is 0. The van der Waals surface area contributed by atoms with Crippen LogP contribution in [-0.4, -0.2) is 28.0 Å². The van der Waals surface area contributed by atoms with Crippen molar-refractivity contribution in [1.29, 1.82) is 0 Å². The van der Waals surface area contributed by atoms with Gasteiger partial charge in [0.1, 0.15) is 0 Å². The van der Waals surface area contributed by atoms with Crippen LogP contribution in [0.3, 0.4) is 0 Å². The summed E-state index contributed by atoms with van der Waals surface area (Å²) in [5.41, 5.74) is 1.86. The van der Waals surface area contributed by atoms with E-state index >= 15 is 0 Å². The SMILES string of the molecule is O=C(Nc1cccc(CS(=O)C2CCCCC2)c1)C1CCCCN1. The van der Waals surface area contributed by atoms with Crippen molar-refractivity contribution in [3.8, 4) is 0 Å². The molecule has 1 saturated heterocycles. The average Bonchev–Trinajstić information content (AvgIpc) is 2.63. The molecular weight excluding hydrogens is 320 g/mol. The molecule has 0 bridgehead atoms. The lowest BCUT2D eigenvalue weighted by molar-refractivity contribution is -0.118. The Bertz CT molecular complexity index is 531. The van der Waals surface area contributed by atoms with Gasteiger partial charge in [-0.25, -0.2) is 0 Å². The lowest BCUT2D eigenvalue weighted by atomic mass is 10.0. The Morgan fingerprint density at radius 1 is 1.12 bits per heavy atom. The van der Waals surface area contributed by atoms with E-state index in [-0.39, 0.29) is 11.9 Å². The maximum atomic E-state index is 12.6. The zero-order valence-corrected chi connectivity index (χ0v) is 15.1. The van der Waals surface area contributed by atoms with Gasteiger partial charge in [0.05, 0.1) is 6.04 Å². The van der Waals surface area contributed by atoms with Gasteiger partial charge in [-0.05, 0) is 49.9 Å². The van der Waals surface area contributed by atoms with Crippen LogP contribution < -0.4 is 10.6 Å². The summed E-state index contributed by atoms with van der Waals surface area (Å²) < 4.78 is 12.6.